The molecule has 0 spiro atoms. The largest absolute Gasteiger partial charge is 0.271 e. The molecule has 1 saturated heterocycles. The van der Waals surface area contributed by atoms with E-state index in [1.807, 2.05) is 11.8 Å². The average Bonchev–Trinajstić information content (AvgIpc) is 3.05. The standard InChI is InChI=1S/C13H24N4S/c1-3-10(2)17-6-4-12(16-17)8-13(15-14)11-5-7-18-9-11/h4,6,10-11,13,15H,3,5,7-9,14H2,1-2H3. The number of hydrogen-bond donors (Lipinski definition) is 2. The lowest BCUT2D eigenvalue weighted by Crippen LogP contribution is -2.42. The predicted octanol–water partition coefficient (Wildman–Crippen LogP) is 1.98. The molecule has 1 aliphatic heterocycles. The van der Waals surface area contributed by atoms with Crippen LogP contribution in [-0.2, 0) is 6.42 Å². The van der Waals surface area contributed by atoms with Crippen molar-refractivity contribution in [3.63, 3.8) is 0 Å². The first kappa shape index (κ1) is 13.9. The molecule has 1 aromatic heterocycles. The monoisotopic (exact) mass is 268 g/mol. The van der Waals surface area contributed by atoms with Crippen LogP contribution in [0.2, 0.25) is 0 Å². The van der Waals surface area contributed by atoms with E-state index in [0.29, 0.717) is 18.0 Å². The van der Waals surface area contributed by atoms with E-state index in [-0.39, 0.29) is 0 Å². The number of nitrogens with two attached hydrogens (primary N) is 1. The molecular weight excluding hydrogens is 244 g/mol. The first-order chi connectivity index (χ1) is 8.74. The van der Waals surface area contributed by atoms with Gasteiger partial charge in [-0.3, -0.25) is 16.0 Å². The fourth-order valence-electron chi connectivity index (χ4n) is 2.38. The van der Waals surface area contributed by atoms with Crippen LogP contribution < -0.4 is 11.3 Å². The number of rotatable bonds is 6. The van der Waals surface area contributed by atoms with Gasteiger partial charge in [-0.2, -0.15) is 16.9 Å². The van der Waals surface area contributed by atoms with Gasteiger partial charge in [0.25, 0.3) is 0 Å². The third-order valence-electron chi connectivity index (χ3n) is 3.88. The van der Waals surface area contributed by atoms with Gasteiger partial charge in [0.15, 0.2) is 0 Å². The Morgan fingerprint density at radius 3 is 3.11 bits per heavy atom. The van der Waals surface area contributed by atoms with Gasteiger partial charge in [-0.25, -0.2) is 0 Å². The average molecular weight is 268 g/mol. The molecule has 1 aliphatic rings. The summed E-state index contributed by atoms with van der Waals surface area (Å²) in [6, 6.07) is 2.96. The van der Waals surface area contributed by atoms with Crippen molar-refractivity contribution >= 4 is 11.8 Å². The highest BCUT2D eigenvalue weighted by Gasteiger charge is 2.25. The Morgan fingerprint density at radius 1 is 1.67 bits per heavy atom. The van der Waals surface area contributed by atoms with Crippen LogP contribution in [0.15, 0.2) is 12.3 Å². The summed E-state index contributed by atoms with van der Waals surface area (Å²) < 4.78 is 2.06. The van der Waals surface area contributed by atoms with Crippen molar-refractivity contribution in [1.29, 1.82) is 0 Å². The number of nitrogens with zero attached hydrogens (tertiary/aromatic N) is 2. The molecule has 0 saturated carbocycles. The van der Waals surface area contributed by atoms with Crippen LogP contribution in [0.3, 0.4) is 0 Å². The summed E-state index contributed by atoms with van der Waals surface area (Å²) in [7, 11) is 0. The second-order valence-corrected chi connectivity index (χ2v) is 6.30. The first-order valence-electron chi connectivity index (χ1n) is 6.82. The number of hydrazine groups is 1. The molecule has 3 atom stereocenters. The molecule has 3 N–H and O–H groups in total. The fraction of sp³-hybridized carbons (Fsp3) is 0.769. The Balaban J connectivity index is 1.96. The van der Waals surface area contributed by atoms with Gasteiger partial charge in [0.2, 0.25) is 0 Å². The lowest BCUT2D eigenvalue weighted by Gasteiger charge is -2.21. The van der Waals surface area contributed by atoms with Crippen LogP contribution in [-0.4, -0.2) is 27.3 Å². The molecule has 0 aromatic carbocycles. The van der Waals surface area contributed by atoms with E-state index in [0.717, 1.165) is 18.5 Å². The van der Waals surface area contributed by atoms with Crippen LogP contribution in [0.25, 0.3) is 0 Å². The van der Waals surface area contributed by atoms with Crippen LogP contribution in [0.1, 0.15) is 38.4 Å². The zero-order chi connectivity index (χ0) is 13.0. The van der Waals surface area contributed by atoms with Gasteiger partial charge < -0.3 is 0 Å². The highest BCUT2D eigenvalue weighted by atomic mass is 32.2. The van der Waals surface area contributed by atoms with Gasteiger partial charge in [0.1, 0.15) is 0 Å². The minimum Gasteiger partial charge on any atom is -0.271 e. The Morgan fingerprint density at radius 2 is 2.50 bits per heavy atom. The molecule has 0 bridgehead atoms. The van der Waals surface area contributed by atoms with Gasteiger partial charge in [0, 0.05) is 24.7 Å². The molecule has 4 nitrogen and oxygen atoms in total. The number of hydrogen-bond acceptors (Lipinski definition) is 4. The van der Waals surface area contributed by atoms with Crippen LogP contribution in [0.5, 0.6) is 0 Å². The Hall–Kier alpha value is -0.520. The van der Waals surface area contributed by atoms with Crippen molar-refractivity contribution in [2.45, 2.75) is 45.2 Å². The highest BCUT2D eigenvalue weighted by molar-refractivity contribution is 7.99. The minimum atomic E-state index is 0.361. The zero-order valence-electron chi connectivity index (χ0n) is 11.3. The third-order valence-corrected chi connectivity index (χ3v) is 5.07. The summed E-state index contributed by atoms with van der Waals surface area (Å²) in [5, 5.41) is 4.65. The predicted molar refractivity (Wildman–Crippen MR) is 77.5 cm³/mol. The SMILES string of the molecule is CCC(C)n1ccc(CC(NN)C2CCSC2)n1. The van der Waals surface area contributed by atoms with Gasteiger partial charge in [-0.15, -0.1) is 0 Å². The van der Waals surface area contributed by atoms with Crippen molar-refractivity contribution in [3.8, 4) is 0 Å². The van der Waals surface area contributed by atoms with Gasteiger partial charge in [-0.05, 0) is 43.3 Å². The number of nitrogens with one attached hydrogen (secondary N) is 1. The smallest absolute Gasteiger partial charge is 0.0640 e. The van der Waals surface area contributed by atoms with E-state index >= 15 is 0 Å². The maximum Gasteiger partial charge on any atom is 0.0640 e. The van der Waals surface area contributed by atoms with Crippen LogP contribution in [0, 0.1) is 5.92 Å². The normalized spacial score (nSPS) is 23.2. The Kier molecular flexibility index (Phi) is 5.09. The van der Waals surface area contributed by atoms with Crippen LogP contribution >= 0.6 is 11.8 Å². The molecule has 0 aliphatic carbocycles. The summed E-state index contributed by atoms with van der Waals surface area (Å²) in [6.45, 7) is 4.38. The quantitative estimate of drug-likeness (QED) is 0.612. The molecule has 0 radical (unpaired) electrons. The summed E-state index contributed by atoms with van der Waals surface area (Å²) in [5.74, 6) is 8.88. The molecule has 3 unspecified atom stereocenters. The zero-order valence-corrected chi connectivity index (χ0v) is 12.1. The van der Waals surface area contributed by atoms with Crippen LogP contribution in [0.4, 0.5) is 0 Å². The second-order valence-electron chi connectivity index (χ2n) is 5.15. The lowest BCUT2D eigenvalue weighted by molar-refractivity contribution is 0.380. The molecule has 102 valence electrons. The maximum atomic E-state index is 5.70. The van der Waals surface area contributed by atoms with E-state index in [1.165, 1.54) is 17.9 Å². The molecule has 2 heterocycles. The van der Waals surface area contributed by atoms with E-state index in [2.05, 4.69) is 41.3 Å². The lowest BCUT2D eigenvalue weighted by atomic mass is 9.96. The van der Waals surface area contributed by atoms with Gasteiger partial charge >= 0.3 is 0 Å². The van der Waals surface area contributed by atoms with Crippen molar-refractivity contribution < 1.29 is 0 Å². The van der Waals surface area contributed by atoms with Crippen molar-refractivity contribution in [2.75, 3.05) is 11.5 Å². The third kappa shape index (κ3) is 3.28. The Bertz CT molecular complexity index is 360. The number of thioether (sulfide) groups is 1. The summed E-state index contributed by atoms with van der Waals surface area (Å²) in [4.78, 5) is 0. The molecule has 1 fully saturated rings. The molecular formula is C13H24N4S. The molecule has 0 amide bonds. The van der Waals surface area contributed by atoms with Crippen molar-refractivity contribution in [3.05, 3.63) is 18.0 Å². The molecule has 5 heteroatoms. The molecule has 2 rings (SSSR count). The number of aromatic nitrogens is 2. The molecule has 1 aromatic rings. The minimum absolute atomic E-state index is 0.361. The Labute approximate surface area is 114 Å². The molecule has 18 heavy (non-hydrogen) atoms. The summed E-state index contributed by atoms with van der Waals surface area (Å²) in [6.07, 6.45) is 5.40. The summed E-state index contributed by atoms with van der Waals surface area (Å²) >= 11 is 2.03. The first-order valence-corrected chi connectivity index (χ1v) is 7.98. The van der Waals surface area contributed by atoms with E-state index < -0.39 is 0 Å². The fourth-order valence-corrected chi connectivity index (χ4v) is 3.71. The van der Waals surface area contributed by atoms with Gasteiger partial charge in [-0.1, -0.05) is 6.92 Å². The van der Waals surface area contributed by atoms with Gasteiger partial charge in [0.05, 0.1) is 5.69 Å². The topological polar surface area (TPSA) is 55.9 Å². The maximum absolute atomic E-state index is 5.70. The van der Waals surface area contributed by atoms with E-state index in [4.69, 9.17) is 5.84 Å². The van der Waals surface area contributed by atoms with E-state index in [1.54, 1.807) is 0 Å². The van der Waals surface area contributed by atoms with E-state index in [9.17, 15) is 0 Å². The van der Waals surface area contributed by atoms with Crippen molar-refractivity contribution in [1.82, 2.24) is 15.2 Å². The second kappa shape index (κ2) is 6.59. The summed E-state index contributed by atoms with van der Waals surface area (Å²) in [5.41, 5.74) is 4.13. The highest BCUT2D eigenvalue weighted by Crippen LogP contribution is 2.27. The van der Waals surface area contributed by atoms with Crippen molar-refractivity contribution in [2.24, 2.45) is 11.8 Å².